The summed E-state index contributed by atoms with van der Waals surface area (Å²) in [6.45, 7) is 9.30. The summed E-state index contributed by atoms with van der Waals surface area (Å²) < 4.78 is 1.23. The van der Waals surface area contributed by atoms with E-state index in [0.717, 1.165) is 29.4 Å². The maximum atomic E-state index is 12.5. The number of rotatable bonds is 2. The van der Waals surface area contributed by atoms with Crippen LogP contribution < -0.4 is 10.2 Å². The third-order valence-corrected chi connectivity index (χ3v) is 6.30. The molecule has 0 bridgehead atoms. The van der Waals surface area contributed by atoms with Crippen LogP contribution in [0.4, 0.5) is 15.6 Å². The molecule has 2 amide bonds. The highest BCUT2D eigenvalue weighted by Crippen LogP contribution is 2.32. The van der Waals surface area contributed by atoms with Crippen molar-refractivity contribution in [1.29, 1.82) is 0 Å². The number of nitrogens with zero attached hydrogens (tertiary/aromatic N) is 3. The zero-order valence-electron chi connectivity index (χ0n) is 16.0. The predicted molar refractivity (Wildman–Crippen MR) is 113 cm³/mol. The largest absolute Gasteiger partial charge is 0.345 e. The lowest BCUT2D eigenvalue weighted by Crippen LogP contribution is -2.50. The molecule has 6 heteroatoms. The van der Waals surface area contributed by atoms with E-state index in [1.54, 1.807) is 11.3 Å². The van der Waals surface area contributed by atoms with Crippen LogP contribution in [-0.4, -0.2) is 42.1 Å². The fourth-order valence-corrected chi connectivity index (χ4v) is 4.37. The van der Waals surface area contributed by atoms with Crippen LogP contribution in [0.5, 0.6) is 0 Å². The van der Waals surface area contributed by atoms with Gasteiger partial charge < -0.3 is 15.1 Å². The highest BCUT2D eigenvalue weighted by atomic mass is 32.1. The lowest BCUT2D eigenvalue weighted by molar-refractivity contribution is 0.208. The Morgan fingerprint density at radius 3 is 2.41 bits per heavy atom. The van der Waals surface area contributed by atoms with Crippen molar-refractivity contribution in [1.82, 2.24) is 9.88 Å². The number of nitrogens with one attached hydrogen (secondary N) is 1. The van der Waals surface area contributed by atoms with Crippen molar-refractivity contribution in [2.45, 2.75) is 20.8 Å². The number of aromatic nitrogens is 1. The number of benzene rings is 2. The Hall–Kier alpha value is -2.60. The first-order valence-electron chi connectivity index (χ1n) is 9.25. The van der Waals surface area contributed by atoms with E-state index in [9.17, 15) is 4.79 Å². The van der Waals surface area contributed by atoms with E-state index in [2.05, 4.69) is 36.2 Å². The van der Waals surface area contributed by atoms with Crippen LogP contribution >= 0.6 is 11.3 Å². The van der Waals surface area contributed by atoms with Crippen LogP contribution in [0.3, 0.4) is 0 Å². The van der Waals surface area contributed by atoms with E-state index < -0.39 is 0 Å². The van der Waals surface area contributed by atoms with Gasteiger partial charge in [0.2, 0.25) is 0 Å². The van der Waals surface area contributed by atoms with Gasteiger partial charge in [-0.2, -0.15) is 0 Å². The molecule has 5 nitrogen and oxygen atoms in total. The second-order valence-electron chi connectivity index (χ2n) is 7.12. The van der Waals surface area contributed by atoms with Gasteiger partial charge in [-0.1, -0.05) is 35.1 Å². The Bertz CT molecular complexity index is 972. The Balaban J connectivity index is 1.40. The summed E-state index contributed by atoms with van der Waals surface area (Å²) in [6.07, 6.45) is 0. The SMILES string of the molecule is Cc1ccc(NC(=O)N2CCN(c3nc4c(C)c(C)ccc4s3)CC2)cc1. The number of aryl methyl sites for hydroxylation is 3. The van der Waals surface area contributed by atoms with Gasteiger partial charge in [0.05, 0.1) is 10.2 Å². The van der Waals surface area contributed by atoms with Crippen LogP contribution in [0.15, 0.2) is 36.4 Å². The Morgan fingerprint density at radius 2 is 1.70 bits per heavy atom. The molecule has 1 aliphatic rings. The smallest absolute Gasteiger partial charge is 0.321 e. The van der Waals surface area contributed by atoms with Crippen molar-refractivity contribution in [2.75, 3.05) is 36.4 Å². The zero-order chi connectivity index (χ0) is 19.0. The molecule has 1 aromatic heterocycles. The monoisotopic (exact) mass is 380 g/mol. The molecule has 2 heterocycles. The topological polar surface area (TPSA) is 48.5 Å². The van der Waals surface area contributed by atoms with Crippen molar-refractivity contribution >= 4 is 38.4 Å². The highest BCUT2D eigenvalue weighted by Gasteiger charge is 2.23. The molecular formula is C21H24N4OS. The van der Waals surface area contributed by atoms with Crippen molar-refractivity contribution in [3.63, 3.8) is 0 Å². The first-order chi connectivity index (χ1) is 13.0. The van der Waals surface area contributed by atoms with E-state index in [0.29, 0.717) is 13.1 Å². The van der Waals surface area contributed by atoms with Gasteiger partial charge in [0.1, 0.15) is 0 Å². The van der Waals surface area contributed by atoms with Gasteiger partial charge in [-0.3, -0.25) is 0 Å². The zero-order valence-corrected chi connectivity index (χ0v) is 16.8. The summed E-state index contributed by atoms with van der Waals surface area (Å²) in [7, 11) is 0. The second-order valence-corrected chi connectivity index (χ2v) is 8.13. The minimum absolute atomic E-state index is 0.0331. The fraction of sp³-hybridized carbons (Fsp3) is 0.333. The molecular weight excluding hydrogens is 356 g/mol. The van der Waals surface area contributed by atoms with Crippen molar-refractivity contribution in [3.8, 4) is 0 Å². The molecule has 0 spiro atoms. The number of thiazole rings is 1. The number of fused-ring (bicyclic) bond motifs is 1. The van der Waals surface area contributed by atoms with Gasteiger partial charge in [-0.05, 0) is 50.1 Å². The molecule has 0 saturated carbocycles. The van der Waals surface area contributed by atoms with Gasteiger partial charge in [-0.25, -0.2) is 9.78 Å². The number of urea groups is 1. The average Bonchev–Trinajstić information content (AvgIpc) is 3.12. The highest BCUT2D eigenvalue weighted by molar-refractivity contribution is 7.22. The summed E-state index contributed by atoms with van der Waals surface area (Å²) in [5, 5.41) is 4.04. The number of amides is 2. The lowest BCUT2D eigenvalue weighted by Gasteiger charge is -2.34. The van der Waals surface area contributed by atoms with Crippen LogP contribution in [-0.2, 0) is 0 Å². The predicted octanol–water partition coefficient (Wildman–Crippen LogP) is 4.58. The summed E-state index contributed by atoms with van der Waals surface area (Å²) in [4.78, 5) is 21.5. The second kappa shape index (κ2) is 7.19. The van der Waals surface area contributed by atoms with Crippen LogP contribution in [0.2, 0.25) is 0 Å². The summed E-state index contributed by atoms with van der Waals surface area (Å²) in [5.74, 6) is 0. The summed E-state index contributed by atoms with van der Waals surface area (Å²) >= 11 is 1.74. The number of anilines is 2. The fourth-order valence-electron chi connectivity index (χ4n) is 3.29. The molecule has 27 heavy (non-hydrogen) atoms. The first kappa shape index (κ1) is 17.8. The molecule has 0 unspecified atom stereocenters. The summed E-state index contributed by atoms with van der Waals surface area (Å²) in [6, 6.07) is 12.2. The van der Waals surface area contributed by atoms with Crippen LogP contribution in [0.1, 0.15) is 16.7 Å². The molecule has 0 radical (unpaired) electrons. The Labute approximate surface area is 163 Å². The van der Waals surface area contributed by atoms with Crippen LogP contribution in [0.25, 0.3) is 10.2 Å². The first-order valence-corrected chi connectivity index (χ1v) is 10.1. The van der Waals surface area contributed by atoms with Gasteiger partial charge in [0.25, 0.3) is 0 Å². The quantitative estimate of drug-likeness (QED) is 0.708. The maximum Gasteiger partial charge on any atom is 0.321 e. The maximum absolute atomic E-state index is 12.5. The number of carbonyl (C=O) groups is 1. The normalized spacial score (nSPS) is 14.6. The molecule has 0 atom stereocenters. The molecule has 3 aromatic rings. The molecule has 140 valence electrons. The minimum atomic E-state index is -0.0331. The van der Waals surface area contributed by atoms with E-state index in [1.165, 1.54) is 21.4 Å². The van der Waals surface area contributed by atoms with Gasteiger partial charge >= 0.3 is 6.03 Å². The Morgan fingerprint density at radius 1 is 1.00 bits per heavy atom. The molecule has 1 saturated heterocycles. The third kappa shape index (κ3) is 3.62. The standard InChI is InChI=1S/C21H24N4OS/c1-14-4-7-17(8-5-14)22-20(26)24-10-12-25(13-11-24)21-23-19-16(3)15(2)6-9-18(19)27-21/h4-9H,10-13H2,1-3H3,(H,22,26). The number of carbonyl (C=O) groups excluding carboxylic acids is 1. The number of hydrogen-bond acceptors (Lipinski definition) is 4. The number of hydrogen-bond donors (Lipinski definition) is 1. The lowest BCUT2D eigenvalue weighted by atomic mass is 10.1. The molecule has 4 rings (SSSR count). The molecule has 1 aliphatic heterocycles. The van der Waals surface area contributed by atoms with Gasteiger partial charge in [0.15, 0.2) is 5.13 Å². The minimum Gasteiger partial charge on any atom is -0.345 e. The number of piperazine rings is 1. The van der Waals surface area contributed by atoms with Crippen LogP contribution in [0, 0.1) is 20.8 Å². The van der Waals surface area contributed by atoms with E-state index in [1.807, 2.05) is 36.1 Å². The molecule has 1 fully saturated rings. The van der Waals surface area contributed by atoms with Gasteiger partial charge in [0, 0.05) is 31.9 Å². The van der Waals surface area contributed by atoms with E-state index in [4.69, 9.17) is 4.98 Å². The van der Waals surface area contributed by atoms with E-state index in [-0.39, 0.29) is 6.03 Å². The molecule has 2 aromatic carbocycles. The van der Waals surface area contributed by atoms with Gasteiger partial charge in [-0.15, -0.1) is 0 Å². The van der Waals surface area contributed by atoms with E-state index >= 15 is 0 Å². The average molecular weight is 381 g/mol. The Kier molecular flexibility index (Phi) is 4.74. The van der Waals surface area contributed by atoms with Crippen molar-refractivity contribution in [2.24, 2.45) is 0 Å². The molecule has 1 N–H and O–H groups in total. The van der Waals surface area contributed by atoms with Crippen molar-refractivity contribution < 1.29 is 4.79 Å². The summed E-state index contributed by atoms with van der Waals surface area (Å²) in [5.41, 5.74) is 5.66. The molecule has 0 aliphatic carbocycles. The third-order valence-electron chi connectivity index (χ3n) is 5.21. The van der Waals surface area contributed by atoms with Crippen molar-refractivity contribution in [3.05, 3.63) is 53.1 Å².